The Morgan fingerprint density at radius 2 is 2.10 bits per heavy atom. The van der Waals surface area contributed by atoms with E-state index in [4.69, 9.17) is 10.6 Å². The lowest BCUT2D eigenvalue weighted by Gasteiger charge is -2.08. The molecule has 0 aliphatic heterocycles. The number of nitrogens with one attached hydrogen (secondary N) is 1. The zero-order valence-electron chi connectivity index (χ0n) is 10.6. The van der Waals surface area contributed by atoms with E-state index in [2.05, 4.69) is 30.5 Å². The number of ether oxygens (including phenoxy) is 1. The maximum atomic E-state index is 12.0. The molecule has 2 aromatic heterocycles. The molecular weight excluding hydrogens is 293 g/mol. The maximum Gasteiger partial charge on any atom is 0.389 e. The summed E-state index contributed by atoms with van der Waals surface area (Å²) in [4.78, 5) is 15.3. The van der Waals surface area contributed by atoms with Crippen molar-refractivity contribution in [1.29, 1.82) is 0 Å². The molecule has 0 aromatic carbocycles. The third kappa shape index (κ3) is 4.52. The van der Waals surface area contributed by atoms with Gasteiger partial charge >= 0.3 is 12.2 Å². The van der Waals surface area contributed by atoms with Gasteiger partial charge in [-0.25, -0.2) is 10.8 Å². The second-order valence-corrected chi connectivity index (χ2v) is 3.79. The SMILES string of the molecule is NNc1nc(OCCCC(F)(F)F)nc(-n2cncn2)n1. The predicted molar refractivity (Wildman–Crippen MR) is 63.3 cm³/mol. The van der Waals surface area contributed by atoms with Crippen LogP contribution in [0.25, 0.3) is 5.95 Å². The summed E-state index contributed by atoms with van der Waals surface area (Å²) in [5.41, 5.74) is 2.20. The highest BCUT2D eigenvalue weighted by molar-refractivity contribution is 5.27. The molecule has 0 aliphatic rings. The van der Waals surface area contributed by atoms with Crippen molar-refractivity contribution in [3.63, 3.8) is 0 Å². The van der Waals surface area contributed by atoms with E-state index in [-0.39, 0.29) is 30.9 Å². The lowest BCUT2D eigenvalue weighted by molar-refractivity contribution is -0.136. The largest absolute Gasteiger partial charge is 0.463 e. The number of alkyl halides is 3. The first kappa shape index (κ1) is 14.9. The van der Waals surface area contributed by atoms with Gasteiger partial charge in [0.05, 0.1) is 6.61 Å². The molecule has 0 spiro atoms. The van der Waals surface area contributed by atoms with Crippen LogP contribution in [0.4, 0.5) is 19.1 Å². The zero-order chi connectivity index (χ0) is 15.3. The van der Waals surface area contributed by atoms with Crippen LogP contribution in [0, 0.1) is 0 Å². The Labute approximate surface area is 116 Å². The Morgan fingerprint density at radius 3 is 2.71 bits per heavy atom. The van der Waals surface area contributed by atoms with Crippen LogP contribution in [0.15, 0.2) is 12.7 Å². The van der Waals surface area contributed by atoms with Gasteiger partial charge in [0.2, 0.25) is 5.95 Å². The molecule has 3 N–H and O–H groups in total. The fourth-order valence-corrected chi connectivity index (χ4v) is 1.32. The number of aromatic nitrogens is 6. The van der Waals surface area contributed by atoms with Gasteiger partial charge in [0.15, 0.2) is 0 Å². The van der Waals surface area contributed by atoms with Crippen molar-refractivity contribution in [1.82, 2.24) is 29.7 Å². The molecule has 12 heteroatoms. The molecule has 0 aliphatic carbocycles. The normalized spacial score (nSPS) is 11.4. The van der Waals surface area contributed by atoms with E-state index < -0.39 is 12.6 Å². The van der Waals surface area contributed by atoms with E-state index in [1.165, 1.54) is 17.3 Å². The molecule has 0 unspecified atom stereocenters. The van der Waals surface area contributed by atoms with Crippen molar-refractivity contribution in [3.05, 3.63) is 12.7 Å². The Bertz CT molecular complexity index is 573. The Kier molecular flexibility index (Phi) is 4.47. The standard InChI is InChI=1S/C9H11F3N8O/c10-9(11,12)2-1-3-21-8-17-6(19-13)16-7(18-8)20-5-14-4-15-20/h4-5H,1-3,13H2,(H,16,17,18,19). The van der Waals surface area contributed by atoms with Gasteiger partial charge in [0.1, 0.15) is 12.7 Å². The number of hydrogen-bond acceptors (Lipinski definition) is 8. The van der Waals surface area contributed by atoms with Crippen molar-refractivity contribution in [3.8, 4) is 12.0 Å². The molecule has 0 atom stereocenters. The summed E-state index contributed by atoms with van der Waals surface area (Å²) < 4.78 is 42.3. The third-order valence-corrected chi connectivity index (χ3v) is 2.19. The van der Waals surface area contributed by atoms with Gasteiger partial charge < -0.3 is 4.74 Å². The van der Waals surface area contributed by atoms with Crippen molar-refractivity contribution in [2.24, 2.45) is 5.84 Å². The predicted octanol–water partition coefficient (Wildman–Crippen LogP) is 0.459. The Morgan fingerprint density at radius 1 is 1.29 bits per heavy atom. The average molecular weight is 304 g/mol. The van der Waals surface area contributed by atoms with Crippen molar-refractivity contribution < 1.29 is 17.9 Å². The molecule has 0 amide bonds. The van der Waals surface area contributed by atoms with Gasteiger partial charge in [-0.05, 0) is 6.42 Å². The number of hydrazine groups is 1. The highest BCUT2D eigenvalue weighted by Crippen LogP contribution is 2.21. The Balaban J connectivity index is 2.04. The molecule has 2 rings (SSSR count). The van der Waals surface area contributed by atoms with Crippen LogP contribution in [-0.4, -0.2) is 42.5 Å². The molecule has 21 heavy (non-hydrogen) atoms. The van der Waals surface area contributed by atoms with E-state index in [0.29, 0.717) is 0 Å². The van der Waals surface area contributed by atoms with Crippen molar-refractivity contribution in [2.75, 3.05) is 12.0 Å². The molecule has 0 saturated heterocycles. The molecule has 2 aromatic rings. The van der Waals surface area contributed by atoms with Gasteiger partial charge in [-0.3, -0.25) is 5.43 Å². The van der Waals surface area contributed by atoms with Gasteiger partial charge in [0.25, 0.3) is 5.95 Å². The minimum absolute atomic E-state index is 0.0127. The minimum Gasteiger partial charge on any atom is -0.463 e. The molecule has 9 nitrogen and oxygen atoms in total. The van der Waals surface area contributed by atoms with E-state index in [1.807, 2.05) is 0 Å². The maximum absolute atomic E-state index is 12.0. The summed E-state index contributed by atoms with van der Waals surface area (Å²) in [7, 11) is 0. The van der Waals surface area contributed by atoms with Crippen LogP contribution in [0.5, 0.6) is 6.01 Å². The first-order valence-corrected chi connectivity index (χ1v) is 5.75. The van der Waals surface area contributed by atoms with Crippen molar-refractivity contribution in [2.45, 2.75) is 19.0 Å². The second-order valence-electron chi connectivity index (χ2n) is 3.79. The highest BCUT2D eigenvalue weighted by Gasteiger charge is 2.26. The summed E-state index contributed by atoms with van der Waals surface area (Å²) in [6.07, 6.45) is -2.78. The van der Waals surface area contributed by atoms with Gasteiger partial charge in [0, 0.05) is 6.42 Å². The molecular formula is C9H11F3N8O. The molecule has 0 fully saturated rings. The monoisotopic (exact) mass is 304 g/mol. The first-order chi connectivity index (χ1) is 9.98. The topological polar surface area (TPSA) is 117 Å². The average Bonchev–Trinajstić information content (AvgIpc) is 2.96. The number of anilines is 1. The van der Waals surface area contributed by atoms with Gasteiger partial charge in [-0.1, -0.05) is 0 Å². The lowest BCUT2D eigenvalue weighted by Crippen LogP contribution is -2.16. The molecule has 0 saturated carbocycles. The second kappa shape index (κ2) is 6.30. The molecule has 0 radical (unpaired) electrons. The number of hydrogen-bond donors (Lipinski definition) is 2. The summed E-state index contributed by atoms with van der Waals surface area (Å²) in [5.74, 6) is 5.26. The van der Waals surface area contributed by atoms with E-state index >= 15 is 0 Å². The number of halogens is 3. The molecule has 114 valence electrons. The van der Waals surface area contributed by atoms with E-state index in [0.717, 1.165) is 0 Å². The summed E-state index contributed by atoms with van der Waals surface area (Å²) in [6.45, 7) is -0.190. The van der Waals surface area contributed by atoms with Gasteiger partial charge in [-0.2, -0.15) is 37.9 Å². The van der Waals surface area contributed by atoms with Crippen LogP contribution >= 0.6 is 0 Å². The first-order valence-electron chi connectivity index (χ1n) is 5.75. The van der Waals surface area contributed by atoms with Crippen molar-refractivity contribution >= 4 is 5.95 Å². The lowest BCUT2D eigenvalue weighted by atomic mass is 10.3. The molecule has 0 bridgehead atoms. The van der Waals surface area contributed by atoms with Crippen LogP contribution in [0.3, 0.4) is 0 Å². The number of nitrogens with zero attached hydrogens (tertiary/aromatic N) is 6. The quantitative estimate of drug-likeness (QED) is 0.449. The Hall–Kier alpha value is -2.50. The van der Waals surface area contributed by atoms with E-state index in [9.17, 15) is 13.2 Å². The van der Waals surface area contributed by atoms with Crippen LogP contribution < -0.4 is 16.0 Å². The fourth-order valence-electron chi connectivity index (χ4n) is 1.32. The van der Waals surface area contributed by atoms with Crippen LogP contribution in [0.1, 0.15) is 12.8 Å². The number of rotatable bonds is 6. The summed E-state index contributed by atoms with van der Waals surface area (Å²) in [6, 6.07) is -0.161. The summed E-state index contributed by atoms with van der Waals surface area (Å²) >= 11 is 0. The molecule has 2 heterocycles. The summed E-state index contributed by atoms with van der Waals surface area (Å²) in [5, 5.41) is 3.81. The van der Waals surface area contributed by atoms with Gasteiger partial charge in [-0.15, -0.1) is 0 Å². The number of nitrogen functional groups attached to an aromatic ring is 1. The fraction of sp³-hybridized carbons (Fsp3) is 0.444. The van der Waals surface area contributed by atoms with E-state index in [1.54, 1.807) is 0 Å². The zero-order valence-corrected chi connectivity index (χ0v) is 10.6. The number of nitrogens with two attached hydrogens (primary N) is 1. The van der Waals surface area contributed by atoms with Crippen LogP contribution in [0.2, 0.25) is 0 Å². The highest BCUT2D eigenvalue weighted by atomic mass is 19.4. The van der Waals surface area contributed by atoms with Crippen LogP contribution in [-0.2, 0) is 0 Å². The minimum atomic E-state index is -4.22. The third-order valence-electron chi connectivity index (χ3n) is 2.19. The smallest absolute Gasteiger partial charge is 0.389 e.